The van der Waals surface area contributed by atoms with Gasteiger partial charge in [0.05, 0.1) is 13.2 Å². The average Bonchev–Trinajstić information content (AvgIpc) is 2.40. The molecule has 104 valence electrons. The lowest BCUT2D eigenvalue weighted by molar-refractivity contribution is -0.322. The SMILES string of the molecule is C[C@H]1C[C@H]2OC[C@]1(CO)O[C@H]2n1ccc(=O)[nH]c1=O. The minimum atomic E-state index is -0.769. The summed E-state index contributed by atoms with van der Waals surface area (Å²) >= 11 is 0. The Labute approximate surface area is 108 Å². The summed E-state index contributed by atoms with van der Waals surface area (Å²) in [5.74, 6) is 0.158. The van der Waals surface area contributed by atoms with Crippen LogP contribution in [0.3, 0.4) is 0 Å². The summed E-state index contributed by atoms with van der Waals surface area (Å²) in [6.45, 7) is 2.16. The summed E-state index contributed by atoms with van der Waals surface area (Å²) in [6, 6.07) is 1.27. The molecule has 7 nitrogen and oxygen atoms in total. The number of aliphatic hydroxyl groups is 1. The third-order valence-electron chi connectivity index (χ3n) is 4.09. The number of nitrogens with one attached hydrogen (secondary N) is 1. The van der Waals surface area contributed by atoms with Crippen LogP contribution in [0, 0.1) is 5.92 Å². The molecule has 0 amide bonds. The van der Waals surface area contributed by atoms with Crippen molar-refractivity contribution in [3.63, 3.8) is 0 Å². The van der Waals surface area contributed by atoms with Crippen molar-refractivity contribution in [2.24, 2.45) is 5.92 Å². The van der Waals surface area contributed by atoms with Gasteiger partial charge in [-0.1, -0.05) is 6.92 Å². The molecule has 4 atom stereocenters. The summed E-state index contributed by atoms with van der Waals surface area (Å²) in [5, 5.41) is 9.56. The highest BCUT2D eigenvalue weighted by Gasteiger charge is 2.53. The van der Waals surface area contributed by atoms with Crippen molar-refractivity contribution in [1.29, 1.82) is 0 Å². The van der Waals surface area contributed by atoms with Gasteiger partial charge in [-0.3, -0.25) is 14.3 Å². The number of aliphatic hydroxyl groups excluding tert-OH is 1. The molecule has 3 aliphatic rings. The molecule has 0 aromatic carbocycles. The third-order valence-corrected chi connectivity index (χ3v) is 4.09. The molecule has 0 spiro atoms. The van der Waals surface area contributed by atoms with Crippen LogP contribution in [-0.4, -0.2) is 39.6 Å². The fourth-order valence-electron chi connectivity index (χ4n) is 2.79. The molecule has 0 saturated carbocycles. The minimum absolute atomic E-state index is 0.157. The smallest absolute Gasteiger partial charge is 0.330 e. The Morgan fingerprint density at radius 1 is 1.58 bits per heavy atom. The van der Waals surface area contributed by atoms with Crippen molar-refractivity contribution in [3.05, 3.63) is 33.1 Å². The summed E-state index contributed by atoms with van der Waals surface area (Å²) < 4.78 is 12.9. The van der Waals surface area contributed by atoms with Crippen LogP contribution in [-0.2, 0) is 9.47 Å². The second-order valence-electron chi connectivity index (χ2n) is 5.23. The summed E-state index contributed by atoms with van der Waals surface area (Å²) in [6.07, 6.45) is 1.25. The zero-order valence-corrected chi connectivity index (χ0v) is 10.5. The Balaban J connectivity index is 1.99. The minimum Gasteiger partial charge on any atom is -0.393 e. The van der Waals surface area contributed by atoms with Crippen LogP contribution in [0.15, 0.2) is 21.9 Å². The molecule has 3 saturated heterocycles. The van der Waals surface area contributed by atoms with E-state index in [4.69, 9.17) is 9.47 Å². The van der Waals surface area contributed by atoms with E-state index in [1.54, 1.807) is 0 Å². The average molecular weight is 268 g/mol. The number of fused-ring (bicyclic) bond motifs is 3. The highest BCUT2D eigenvalue weighted by Crippen LogP contribution is 2.44. The maximum atomic E-state index is 11.8. The second kappa shape index (κ2) is 4.29. The molecule has 4 heterocycles. The van der Waals surface area contributed by atoms with Gasteiger partial charge in [0.15, 0.2) is 6.23 Å². The zero-order chi connectivity index (χ0) is 13.6. The van der Waals surface area contributed by atoms with Gasteiger partial charge in [-0.25, -0.2) is 4.79 Å². The number of aromatic nitrogens is 2. The molecular formula is C12H16N2O5. The van der Waals surface area contributed by atoms with Crippen molar-refractivity contribution >= 4 is 0 Å². The molecule has 1 aromatic rings. The molecule has 19 heavy (non-hydrogen) atoms. The molecule has 1 aromatic heterocycles. The Morgan fingerprint density at radius 2 is 2.37 bits per heavy atom. The lowest BCUT2D eigenvalue weighted by Gasteiger charge is -2.53. The topological polar surface area (TPSA) is 93.5 Å². The van der Waals surface area contributed by atoms with Crippen molar-refractivity contribution < 1.29 is 14.6 Å². The highest BCUT2D eigenvalue weighted by molar-refractivity contribution is 4.99. The van der Waals surface area contributed by atoms with Gasteiger partial charge in [0.2, 0.25) is 0 Å². The van der Waals surface area contributed by atoms with Crippen LogP contribution < -0.4 is 11.2 Å². The lowest BCUT2D eigenvalue weighted by Crippen LogP contribution is -2.62. The first-order valence-corrected chi connectivity index (χ1v) is 6.27. The first-order chi connectivity index (χ1) is 9.05. The lowest BCUT2D eigenvalue weighted by atomic mass is 9.80. The normalized spacial score (nSPS) is 37.5. The van der Waals surface area contributed by atoms with Gasteiger partial charge in [-0.15, -0.1) is 0 Å². The standard InChI is InChI=1S/C12H16N2O5/c1-7-4-8-10(19-12(7,5-15)6-18-8)14-3-2-9(16)13-11(14)17/h2-3,7-8,10,15H,4-6H2,1H3,(H,13,16,17)/t7-,8+,10+,12-/m0/s1. The van der Waals surface area contributed by atoms with E-state index in [9.17, 15) is 14.7 Å². The van der Waals surface area contributed by atoms with Crippen LogP contribution in [0.4, 0.5) is 0 Å². The van der Waals surface area contributed by atoms with Crippen molar-refractivity contribution in [3.8, 4) is 0 Å². The van der Waals surface area contributed by atoms with Crippen molar-refractivity contribution in [2.75, 3.05) is 13.2 Å². The monoisotopic (exact) mass is 268 g/mol. The van der Waals surface area contributed by atoms with Crippen LogP contribution in [0.1, 0.15) is 19.6 Å². The Morgan fingerprint density at radius 3 is 3.00 bits per heavy atom. The molecule has 0 unspecified atom stereocenters. The van der Waals surface area contributed by atoms with E-state index in [0.717, 1.165) is 0 Å². The predicted octanol–water partition coefficient (Wildman–Crippen LogP) is -0.778. The van der Waals surface area contributed by atoms with E-state index in [-0.39, 0.29) is 18.6 Å². The largest absolute Gasteiger partial charge is 0.393 e. The number of ether oxygens (including phenoxy) is 2. The fourth-order valence-corrected chi connectivity index (χ4v) is 2.79. The van der Waals surface area contributed by atoms with Gasteiger partial charge >= 0.3 is 5.69 Å². The Kier molecular flexibility index (Phi) is 2.84. The maximum Gasteiger partial charge on any atom is 0.330 e. The molecule has 2 bridgehead atoms. The zero-order valence-electron chi connectivity index (χ0n) is 10.5. The second-order valence-corrected chi connectivity index (χ2v) is 5.23. The fraction of sp³-hybridized carbons (Fsp3) is 0.667. The predicted molar refractivity (Wildman–Crippen MR) is 64.8 cm³/mol. The Hall–Kier alpha value is -1.44. The number of hydrogen-bond acceptors (Lipinski definition) is 5. The van der Waals surface area contributed by atoms with Gasteiger partial charge < -0.3 is 14.6 Å². The summed E-state index contributed by atoms with van der Waals surface area (Å²) in [4.78, 5) is 25.1. The molecule has 3 aliphatic heterocycles. The van der Waals surface area contributed by atoms with Gasteiger partial charge in [0.1, 0.15) is 11.7 Å². The number of rotatable bonds is 2. The van der Waals surface area contributed by atoms with E-state index in [1.165, 1.54) is 16.8 Å². The van der Waals surface area contributed by atoms with E-state index >= 15 is 0 Å². The molecule has 0 aliphatic carbocycles. The van der Waals surface area contributed by atoms with Crippen molar-refractivity contribution in [2.45, 2.75) is 31.3 Å². The molecule has 4 rings (SSSR count). The number of hydrogen-bond donors (Lipinski definition) is 2. The first-order valence-electron chi connectivity index (χ1n) is 6.27. The highest BCUT2D eigenvalue weighted by atomic mass is 16.6. The molecule has 3 fully saturated rings. The van der Waals surface area contributed by atoms with Crippen LogP contribution >= 0.6 is 0 Å². The van der Waals surface area contributed by atoms with E-state index < -0.39 is 23.1 Å². The number of aromatic amines is 1. The number of nitrogens with zero attached hydrogens (tertiary/aromatic N) is 1. The summed E-state index contributed by atoms with van der Waals surface area (Å²) in [7, 11) is 0. The quantitative estimate of drug-likeness (QED) is 0.734. The van der Waals surface area contributed by atoms with Gasteiger partial charge in [-0.05, 0) is 12.3 Å². The molecule has 0 radical (unpaired) electrons. The van der Waals surface area contributed by atoms with Gasteiger partial charge in [0, 0.05) is 12.3 Å². The molecule has 2 N–H and O–H groups in total. The molecule has 7 heteroatoms. The molecular weight excluding hydrogens is 252 g/mol. The van der Waals surface area contributed by atoms with Crippen LogP contribution in [0.25, 0.3) is 0 Å². The number of H-pyrrole nitrogens is 1. The van der Waals surface area contributed by atoms with Crippen LogP contribution in [0.5, 0.6) is 0 Å². The van der Waals surface area contributed by atoms with E-state index in [1.807, 2.05) is 6.92 Å². The van der Waals surface area contributed by atoms with Gasteiger partial charge in [0.25, 0.3) is 5.56 Å². The van der Waals surface area contributed by atoms with Crippen LogP contribution in [0.2, 0.25) is 0 Å². The van der Waals surface area contributed by atoms with Gasteiger partial charge in [-0.2, -0.15) is 0 Å². The van der Waals surface area contributed by atoms with E-state index in [0.29, 0.717) is 13.0 Å². The van der Waals surface area contributed by atoms with Crippen molar-refractivity contribution in [1.82, 2.24) is 9.55 Å². The Bertz CT molecular complexity index is 594. The summed E-state index contributed by atoms with van der Waals surface area (Å²) in [5.41, 5.74) is -1.75. The maximum absolute atomic E-state index is 11.8. The first kappa shape index (κ1) is 12.6. The van der Waals surface area contributed by atoms with E-state index in [2.05, 4.69) is 4.98 Å². The third kappa shape index (κ3) is 1.85.